The third-order valence-corrected chi connectivity index (χ3v) is 4.01. The second-order valence-electron chi connectivity index (χ2n) is 6.01. The van der Waals surface area contributed by atoms with E-state index in [1.165, 1.54) is 17.0 Å². The van der Waals surface area contributed by atoms with Gasteiger partial charge in [-0.05, 0) is 35.9 Å². The zero-order valence-electron chi connectivity index (χ0n) is 14.8. The Balaban J connectivity index is 1.90. The molecule has 0 N–H and O–H groups in total. The second kappa shape index (κ2) is 8.67. The molecule has 0 saturated heterocycles. The van der Waals surface area contributed by atoms with E-state index in [9.17, 15) is 14.0 Å². The zero-order valence-corrected chi connectivity index (χ0v) is 15.6. The Hall–Kier alpha value is -2.60. The highest BCUT2D eigenvalue weighted by Gasteiger charge is 2.17. The number of hydrogen-bond acceptors (Lipinski definition) is 4. The second-order valence-corrected chi connectivity index (χ2v) is 6.45. The largest absolute Gasteiger partial charge is 0.452 e. The fourth-order valence-corrected chi connectivity index (χ4v) is 2.40. The molecule has 0 atom stereocenters. The van der Waals surface area contributed by atoms with E-state index in [1.54, 1.807) is 7.05 Å². The van der Waals surface area contributed by atoms with E-state index in [1.807, 2.05) is 43.3 Å². The lowest BCUT2D eigenvalue weighted by molar-refractivity contribution is -0.133. The van der Waals surface area contributed by atoms with Crippen molar-refractivity contribution in [3.8, 4) is 0 Å². The number of nitrogens with zero attached hydrogens (tertiary/aromatic N) is 2. The molecule has 0 aliphatic heterocycles. The minimum atomic E-state index is -0.929. The molecular formula is C19H20ClFN2O3. The molecule has 2 aromatic rings. The molecule has 138 valence electrons. The summed E-state index contributed by atoms with van der Waals surface area (Å²) in [4.78, 5) is 27.5. The summed E-state index contributed by atoms with van der Waals surface area (Å²) in [7, 11) is 5.50. The lowest BCUT2D eigenvalue weighted by Gasteiger charge is -2.18. The van der Waals surface area contributed by atoms with Gasteiger partial charge < -0.3 is 14.5 Å². The van der Waals surface area contributed by atoms with Crippen molar-refractivity contribution in [1.82, 2.24) is 4.90 Å². The lowest BCUT2D eigenvalue weighted by atomic mass is 10.2. The van der Waals surface area contributed by atoms with Crippen LogP contribution in [0, 0.1) is 5.82 Å². The molecule has 0 aliphatic rings. The first kappa shape index (κ1) is 19.7. The maximum Gasteiger partial charge on any atom is 0.341 e. The number of halogens is 2. The summed E-state index contributed by atoms with van der Waals surface area (Å²) >= 11 is 5.74. The number of carbonyl (C=O) groups excluding carboxylic acids is 2. The quantitative estimate of drug-likeness (QED) is 0.723. The van der Waals surface area contributed by atoms with Gasteiger partial charge in [-0.25, -0.2) is 9.18 Å². The van der Waals surface area contributed by atoms with Gasteiger partial charge in [0.1, 0.15) is 5.82 Å². The normalized spacial score (nSPS) is 10.3. The van der Waals surface area contributed by atoms with Crippen LogP contribution in [0.25, 0.3) is 0 Å². The molecule has 0 spiro atoms. The van der Waals surface area contributed by atoms with Crippen molar-refractivity contribution < 1.29 is 18.7 Å². The van der Waals surface area contributed by atoms with E-state index < -0.39 is 24.3 Å². The third kappa shape index (κ3) is 5.20. The molecule has 0 saturated carbocycles. The average molecular weight is 379 g/mol. The number of benzene rings is 2. The summed E-state index contributed by atoms with van der Waals surface area (Å²) in [5.74, 6) is -2.07. The monoisotopic (exact) mass is 378 g/mol. The van der Waals surface area contributed by atoms with E-state index in [-0.39, 0.29) is 10.6 Å². The molecule has 2 rings (SSSR count). The molecule has 5 nitrogen and oxygen atoms in total. The summed E-state index contributed by atoms with van der Waals surface area (Å²) in [5.41, 5.74) is 1.70. The summed E-state index contributed by atoms with van der Waals surface area (Å²) in [6.45, 7) is -0.104. The Morgan fingerprint density at radius 3 is 2.35 bits per heavy atom. The highest BCUT2D eigenvalue weighted by molar-refractivity contribution is 6.30. The topological polar surface area (TPSA) is 49.9 Å². The zero-order chi connectivity index (χ0) is 19.3. The van der Waals surface area contributed by atoms with Crippen LogP contribution in [-0.4, -0.2) is 44.5 Å². The number of hydrogen-bond donors (Lipinski definition) is 0. The Morgan fingerprint density at radius 2 is 1.73 bits per heavy atom. The third-order valence-electron chi connectivity index (χ3n) is 3.77. The van der Waals surface area contributed by atoms with Gasteiger partial charge in [-0.1, -0.05) is 23.7 Å². The van der Waals surface area contributed by atoms with E-state index >= 15 is 0 Å². The van der Waals surface area contributed by atoms with Crippen molar-refractivity contribution in [3.05, 3.63) is 64.4 Å². The van der Waals surface area contributed by atoms with Crippen molar-refractivity contribution in [2.75, 3.05) is 32.6 Å². The number of carbonyl (C=O) groups is 2. The Morgan fingerprint density at radius 1 is 1.08 bits per heavy atom. The van der Waals surface area contributed by atoms with Crippen LogP contribution in [0.5, 0.6) is 0 Å². The van der Waals surface area contributed by atoms with E-state index in [4.69, 9.17) is 16.3 Å². The minimum absolute atomic E-state index is 0.211. The number of likely N-dealkylation sites (N-methyl/N-ethyl adjacent to an activating group) is 1. The van der Waals surface area contributed by atoms with Crippen molar-refractivity contribution in [3.63, 3.8) is 0 Å². The molecular weight excluding hydrogens is 359 g/mol. The predicted octanol–water partition coefficient (Wildman–Crippen LogP) is 3.36. The van der Waals surface area contributed by atoms with Crippen molar-refractivity contribution >= 4 is 29.2 Å². The average Bonchev–Trinajstić information content (AvgIpc) is 2.61. The van der Waals surface area contributed by atoms with Crippen LogP contribution >= 0.6 is 11.6 Å². The van der Waals surface area contributed by atoms with E-state index in [0.29, 0.717) is 6.54 Å². The summed E-state index contributed by atoms with van der Waals surface area (Å²) < 4.78 is 18.5. The molecule has 26 heavy (non-hydrogen) atoms. The van der Waals surface area contributed by atoms with Crippen molar-refractivity contribution in [2.45, 2.75) is 6.54 Å². The van der Waals surface area contributed by atoms with Gasteiger partial charge in [0.2, 0.25) is 0 Å². The van der Waals surface area contributed by atoms with Crippen LogP contribution in [0.15, 0.2) is 42.5 Å². The smallest absolute Gasteiger partial charge is 0.341 e. The van der Waals surface area contributed by atoms with Gasteiger partial charge in [-0.15, -0.1) is 0 Å². The molecule has 0 heterocycles. The van der Waals surface area contributed by atoms with Gasteiger partial charge in [0.15, 0.2) is 6.61 Å². The van der Waals surface area contributed by atoms with Crippen LogP contribution in [0.2, 0.25) is 5.02 Å². The molecule has 0 aliphatic carbocycles. The van der Waals surface area contributed by atoms with Crippen LogP contribution in [0.1, 0.15) is 15.9 Å². The summed E-state index contributed by atoms with van der Waals surface area (Å²) in [5, 5.41) is 0.211. The lowest BCUT2D eigenvalue weighted by Crippen LogP contribution is -2.31. The Bertz CT molecular complexity index is 794. The fraction of sp³-hybridized carbons (Fsp3) is 0.263. The van der Waals surface area contributed by atoms with E-state index in [2.05, 4.69) is 0 Å². The van der Waals surface area contributed by atoms with Crippen LogP contribution < -0.4 is 4.90 Å². The standard InChI is InChI=1S/C19H20ClFN2O3/c1-22(2)15-7-4-13(5-8-15)11-23(3)18(24)12-26-19(25)16-10-14(20)6-9-17(16)21/h4-10H,11-12H2,1-3H3. The van der Waals surface area contributed by atoms with Gasteiger partial charge in [0.05, 0.1) is 5.56 Å². The number of anilines is 1. The molecule has 2 aromatic carbocycles. The maximum atomic E-state index is 13.6. The predicted molar refractivity (Wildman–Crippen MR) is 98.9 cm³/mol. The van der Waals surface area contributed by atoms with Crippen molar-refractivity contribution in [1.29, 1.82) is 0 Å². The minimum Gasteiger partial charge on any atom is -0.452 e. The first-order valence-corrected chi connectivity index (χ1v) is 8.28. The summed E-state index contributed by atoms with van der Waals surface area (Å²) in [6, 6.07) is 11.3. The van der Waals surface area contributed by atoms with Crippen LogP contribution in [-0.2, 0) is 16.1 Å². The van der Waals surface area contributed by atoms with Gasteiger partial charge in [0.25, 0.3) is 5.91 Å². The number of rotatable bonds is 6. The molecule has 7 heteroatoms. The highest BCUT2D eigenvalue weighted by atomic mass is 35.5. The number of esters is 1. The summed E-state index contributed by atoms with van der Waals surface area (Å²) in [6.07, 6.45) is 0. The fourth-order valence-electron chi connectivity index (χ4n) is 2.23. The van der Waals surface area contributed by atoms with Gasteiger partial charge >= 0.3 is 5.97 Å². The first-order chi connectivity index (χ1) is 12.3. The molecule has 0 bridgehead atoms. The van der Waals surface area contributed by atoms with E-state index in [0.717, 1.165) is 17.3 Å². The van der Waals surface area contributed by atoms with Crippen LogP contribution in [0.3, 0.4) is 0 Å². The molecule has 0 radical (unpaired) electrons. The SMILES string of the molecule is CN(Cc1ccc(N(C)C)cc1)C(=O)COC(=O)c1cc(Cl)ccc1F. The first-order valence-electron chi connectivity index (χ1n) is 7.90. The van der Waals surface area contributed by atoms with Gasteiger partial charge in [-0.3, -0.25) is 4.79 Å². The van der Waals surface area contributed by atoms with Crippen LogP contribution in [0.4, 0.5) is 10.1 Å². The highest BCUT2D eigenvalue weighted by Crippen LogP contribution is 2.16. The molecule has 0 unspecified atom stereocenters. The molecule has 0 fully saturated rings. The molecule has 1 amide bonds. The number of amides is 1. The maximum absolute atomic E-state index is 13.6. The van der Waals surface area contributed by atoms with Gasteiger partial charge in [-0.2, -0.15) is 0 Å². The Labute approximate surface area is 156 Å². The van der Waals surface area contributed by atoms with Gasteiger partial charge in [0, 0.05) is 38.4 Å². The van der Waals surface area contributed by atoms with Crippen molar-refractivity contribution in [2.24, 2.45) is 0 Å². The Kier molecular flexibility index (Phi) is 6.58. The molecule has 0 aromatic heterocycles. The number of ether oxygens (including phenoxy) is 1.